The molecule has 0 spiro atoms. The molecule has 0 amide bonds. The van der Waals surface area contributed by atoms with E-state index in [-0.39, 0.29) is 0 Å². The van der Waals surface area contributed by atoms with Crippen molar-refractivity contribution in [3.05, 3.63) is 46.7 Å². The SMILES string of the molecule is Cc1ccccn1.Cc1nccs1. The zero-order chi connectivity index (χ0) is 9.52. The molecular weight excluding hydrogens is 180 g/mol. The molecule has 0 aromatic carbocycles. The van der Waals surface area contributed by atoms with Gasteiger partial charge in [0.2, 0.25) is 0 Å². The Morgan fingerprint density at radius 2 is 1.92 bits per heavy atom. The summed E-state index contributed by atoms with van der Waals surface area (Å²) in [6, 6.07) is 5.86. The molecule has 0 unspecified atom stereocenters. The molecule has 0 atom stereocenters. The molecule has 2 rings (SSSR count). The maximum Gasteiger partial charge on any atom is 0.0893 e. The van der Waals surface area contributed by atoms with Gasteiger partial charge >= 0.3 is 0 Å². The van der Waals surface area contributed by atoms with Crippen LogP contribution in [0.4, 0.5) is 0 Å². The Kier molecular flexibility index (Phi) is 4.12. The summed E-state index contributed by atoms with van der Waals surface area (Å²) in [5.41, 5.74) is 1.07. The molecule has 2 nitrogen and oxygen atoms in total. The van der Waals surface area contributed by atoms with Crippen molar-refractivity contribution in [2.24, 2.45) is 0 Å². The number of hydrogen-bond acceptors (Lipinski definition) is 3. The predicted molar refractivity (Wildman–Crippen MR) is 55.8 cm³/mol. The van der Waals surface area contributed by atoms with Crippen LogP contribution in [-0.2, 0) is 0 Å². The van der Waals surface area contributed by atoms with E-state index < -0.39 is 0 Å². The van der Waals surface area contributed by atoms with Crippen LogP contribution in [-0.4, -0.2) is 9.97 Å². The van der Waals surface area contributed by atoms with Gasteiger partial charge in [0.15, 0.2) is 0 Å². The van der Waals surface area contributed by atoms with Gasteiger partial charge in [-0.15, -0.1) is 11.3 Å². The number of rotatable bonds is 0. The van der Waals surface area contributed by atoms with E-state index >= 15 is 0 Å². The topological polar surface area (TPSA) is 25.8 Å². The standard InChI is InChI=1S/C6H7N.C4H5NS/c1-6-4-2-3-5-7-6;1-4-5-2-3-6-4/h2-5H,1H3;2-3H,1H3. The third-order valence-corrected chi connectivity index (χ3v) is 2.07. The molecule has 0 fully saturated rings. The summed E-state index contributed by atoms with van der Waals surface area (Å²) in [5.74, 6) is 0. The summed E-state index contributed by atoms with van der Waals surface area (Å²) >= 11 is 1.67. The summed E-state index contributed by atoms with van der Waals surface area (Å²) in [6.07, 6.45) is 3.59. The number of pyridine rings is 1. The number of aromatic nitrogens is 2. The van der Waals surface area contributed by atoms with Crippen molar-refractivity contribution in [2.75, 3.05) is 0 Å². The zero-order valence-corrected chi connectivity index (χ0v) is 8.58. The van der Waals surface area contributed by atoms with Gasteiger partial charge in [0.05, 0.1) is 5.01 Å². The lowest BCUT2D eigenvalue weighted by atomic mass is 10.4. The highest BCUT2D eigenvalue weighted by molar-refractivity contribution is 7.09. The number of nitrogens with zero attached hydrogens (tertiary/aromatic N) is 2. The van der Waals surface area contributed by atoms with E-state index in [1.807, 2.05) is 37.4 Å². The smallest absolute Gasteiger partial charge is 0.0893 e. The van der Waals surface area contributed by atoms with Gasteiger partial charge in [-0.3, -0.25) is 9.97 Å². The van der Waals surface area contributed by atoms with E-state index in [2.05, 4.69) is 9.97 Å². The van der Waals surface area contributed by atoms with Crippen LogP contribution in [0.1, 0.15) is 10.7 Å². The quantitative estimate of drug-likeness (QED) is 0.641. The molecule has 0 aliphatic rings. The van der Waals surface area contributed by atoms with Crippen molar-refractivity contribution >= 4 is 11.3 Å². The zero-order valence-electron chi connectivity index (χ0n) is 7.77. The van der Waals surface area contributed by atoms with Crippen LogP contribution in [0, 0.1) is 13.8 Å². The third-order valence-electron chi connectivity index (χ3n) is 1.37. The molecule has 0 aliphatic carbocycles. The van der Waals surface area contributed by atoms with Gasteiger partial charge in [0.25, 0.3) is 0 Å². The maximum absolute atomic E-state index is 3.98. The first-order chi connectivity index (χ1) is 6.29. The summed E-state index contributed by atoms with van der Waals surface area (Å²) < 4.78 is 0. The van der Waals surface area contributed by atoms with Gasteiger partial charge in [-0.05, 0) is 26.0 Å². The van der Waals surface area contributed by atoms with Crippen LogP contribution in [0.25, 0.3) is 0 Å². The fraction of sp³-hybridized carbons (Fsp3) is 0.200. The summed E-state index contributed by atoms with van der Waals surface area (Å²) in [7, 11) is 0. The molecule has 2 aromatic heterocycles. The van der Waals surface area contributed by atoms with E-state index in [0.717, 1.165) is 10.7 Å². The normalized spacial score (nSPS) is 8.77. The van der Waals surface area contributed by atoms with Crippen LogP contribution >= 0.6 is 11.3 Å². The Bertz CT molecular complexity index is 316. The van der Waals surface area contributed by atoms with Crippen LogP contribution in [0.5, 0.6) is 0 Å². The fourth-order valence-electron chi connectivity index (χ4n) is 0.743. The van der Waals surface area contributed by atoms with E-state index in [1.54, 1.807) is 23.7 Å². The molecule has 13 heavy (non-hydrogen) atoms. The lowest BCUT2D eigenvalue weighted by Crippen LogP contribution is -1.72. The van der Waals surface area contributed by atoms with Crippen LogP contribution in [0.3, 0.4) is 0 Å². The lowest BCUT2D eigenvalue weighted by molar-refractivity contribution is 1.20. The van der Waals surface area contributed by atoms with Crippen molar-refractivity contribution in [1.29, 1.82) is 0 Å². The third kappa shape index (κ3) is 4.38. The summed E-state index contributed by atoms with van der Waals surface area (Å²) in [4.78, 5) is 7.91. The van der Waals surface area contributed by atoms with Gasteiger partial charge in [0, 0.05) is 23.5 Å². The lowest BCUT2D eigenvalue weighted by Gasteiger charge is -1.82. The maximum atomic E-state index is 3.98. The number of aryl methyl sites for hydroxylation is 2. The number of thiazole rings is 1. The minimum absolute atomic E-state index is 1.07. The van der Waals surface area contributed by atoms with Crippen molar-refractivity contribution in [3.63, 3.8) is 0 Å². The number of hydrogen-bond donors (Lipinski definition) is 0. The predicted octanol–water partition coefficient (Wildman–Crippen LogP) is 2.84. The second-order valence-electron chi connectivity index (χ2n) is 2.52. The van der Waals surface area contributed by atoms with Gasteiger partial charge in [-0.1, -0.05) is 6.07 Å². The summed E-state index contributed by atoms with van der Waals surface area (Å²) in [6.45, 7) is 3.96. The van der Waals surface area contributed by atoms with Crippen molar-refractivity contribution < 1.29 is 0 Å². The fourth-order valence-corrected chi connectivity index (χ4v) is 1.18. The van der Waals surface area contributed by atoms with Crippen LogP contribution in [0.2, 0.25) is 0 Å². The van der Waals surface area contributed by atoms with Gasteiger partial charge in [-0.25, -0.2) is 0 Å². The first-order valence-electron chi connectivity index (χ1n) is 4.03. The van der Waals surface area contributed by atoms with Gasteiger partial charge < -0.3 is 0 Å². The minimum atomic E-state index is 1.07. The minimum Gasteiger partial charge on any atom is -0.262 e. The van der Waals surface area contributed by atoms with E-state index in [9.17, 15) is 0 Å². The van der Waals surface area contributed by atoms with Crippen molar-refractivity contribution in [1.82, 2.24) is 9.97 Å². The molecule has 0 radical (unpaired) electrons. The first kappa shape index (κ1) is 9.86. The van der Waals surface area contributed by atoms with Crippen LogP contribution in [0.15, 0.2) is 36.0 Å². The Morgan fingerprint density at radius 1 is 1.08 bits per heavy atom. The van der Waals surface area contributed by atoms with Crippen LogP contribution < -0.4 is 0 Å². The van der Waals surface area contributed by atoms with E-state index in [4.69, 9.17) is 0 Å². The second kappa shape index (κ2) is 5.43. The Morgan fingerprint density at radius 3 is 2.15 bits per heavy atom. The molecule has 0 saturated carbocycles. The molecule has 2 heterocycles. The highest BCUT2D eigenvalue weighted by atomic mass is 32.1. The molecule has 2 aromatic rings. The van der Waals surface area contributed by atoms with Crippen molar-refractivity contribution in [2.45, 2.75) is 13.8 Å². The average molecular weight is 192 g/mol. The molecule has 0 saturated heterocycles. The molecule has 0 N–H and O–H groups in total. The largest absolute Gasteiger partial charge is 0.262 e. The monoisotopic (exact) mass is 192 g/mol. The second-order valence-corrected chi connectivity index (χ2v) is 3.62. The Balaban J connectivity index is 0.000000132. The highest BCUT2D eigenvalue weighted by Gasteiger charge is 1.76. The van der Waals surface area contributed by atoms with E-state index in [1.165, 1.54) is 0 Å². The summed E-state index contributed by atoms with van der Waals surface area (Å²) in [5, 5.41) is 3.10. The molecule has 0 aliphatic heterocycles. The van der Waals surface area contributed by atoms with E-state index in [0.29, 0.717) is 0 Å². The Hall–Kier alpha value is -1.22. The van der Waals surface area contributed by atoms with Gasteiger partial charge in [0.1, 0.15) is 0 Å². The molecule has 0 bridgehead atoms. The van der Waals surface area contributed by atoms with Crippen molar-refractivity contribution in [3.8, 4) is 0 Å². The first-order valence-corrected chi connectivity index (χ1v) is 4.91. The highest BCUT2D eigenvalue weighted by Crippen LogP contribution is 1.98. The molecule has 3 heteroatoms. The molecular formula is C10H12N2S. The molecule has 68 valence electrons. The van der Waals surface area contributed by atoms with Gasteiger partial charge in [-0.2, -0.15) is 0 Å². The Labute approximate surface area is 82.3 Å². The average Bonchev–Trinajstić information content (AvgIpc) is 2.58.